The molecule has 0 N–H and O–H groups in total. The van der Waals surface area contributed by atoms with E-state index in [-0.39, 0.29) is 11.0 Å². The maximum Gasteiger partial charge on any atom is 0.414 e. The second kappa shape index (κ2) is 7.28. The summed E-state index contributed by atoms with van der Waals surface area (Å²) in [5.41, 5.74) is 1.31. The van der Waals surface area contributed by atoms with Crippen LogP contribution < -0.4 is 4.90 Å². The van der Waals surface area contributed by atoms with Crippen LogP contribution in [0, 0.1) is 5.82 Å². The highest BCUT2D eigenvalue weighted by Gasteiger charge is 2.31. The Balaban J connectivity index is 1.87. The molecule has 0 radical (unpaired) electrons. The van der Waals surface area contributed by atoms with Gasteiger partial charge in [-0.05, 0) is 42.3 Å². The van der Waals surface area contributed by atoms with E-state index in [9.17, 15) is 17.6 Å². The third-order valence-corrected chi connectivity index (χ3v) is 6.37. The molecule has 8 heteroatoms. The van der Waals surface area contributed by atoms with E-state index in [0.717, 1.165) is 4.31 Å². The first kappa shape index (κ1) is 19.3. The lowest BCUT2D eigenvalue weighted by molar-refractivity contribution is 0.139. The molecule has 144 valence electrons. The lowest BCUT2D eigenvalue weighted by Gasteiger charge is -2.15. The van der Waals surface area contributed by atoms with Crippen molar-refractivity contribution in [2.45, 2.75) is 24.3 Å². The van der Waals surface area contributed by atoms with Gasteiger partial charge in [-0.1, -0.05) is 19.1 Å². The molecule has 0 saturated carbocycles. The summed E-state index contributed by atoms with van der Waals surface area (Å²) in [7, 11) is -0.631. The maximum absolute atomic E-state index is 14.7. The smallest absolute Gasteiger partial charge is 0.414 e. The van der Waals surface area contributed by atoms with E-state index in [1.807, 2.05) is 6.92 Å². The molecule has 2 aromatic rings. The van der Waals surface area contributed by atoms with E-state index in [1.54, 1.807) is 24.3 Å². The highest BCUT2D eigenvalue weighted by atomic mass is 32.2. The van der Waals surface area contributed by atoms with Gasteiger partial charge in [0.05, 0.1) is 17.1 Å². The maximum atomic E-state index is 14.7. The minimum atomic E-state index is -3.54. The van der Waals surface area contributed by atoms with Crippen LogP contribution >= 0.6 is 0 Å². The molecule has 1 heterocycles. The van der Waals surface area contributed by atoms with Crippen molar-refractivity contribution in [2.24, 2.45) is 0 Å². The molecule has 6 nitrogen and oxygen atoms in total. The number of carbonyl (C=O) groups is 1. The standard InChI is InChI=1S/C19H21FN2O4S/c1-4-15-12-22(19(23)26-15)14-7-10-17(18(20)11-14)13-5-8-16(9-6-13)27(24,25)21(2)3/h5-11,15H,4,12H2,1-3H3/t15-/m0/s1. The zero-order valence-electron chi connectivity index (χ0n) is 15.3. The summed E-state index contributed by atoms with van der Waals surface area (Å²) < 4.78 is 45.2. The van der Waals surface area contributed by atoms with Crippen molar-refractivity contribution in [3.05, 3.63) is 48.3 Å². The Morgan fingerprint density at radius 1 is 1.19 bits per heavy atom. The van der Waals surface area contributed by atoms with E-state index in [1.165, 1.54) is 37.2 Å². The van der Waals surface area contributed by atoms with E-state index < -0.39 is 21.9 Å². The highest BCUT2D eigenvalue weighted by Crippen LogP contribution is 2.30. The molecule has 0 bridgehead atoms. The predicted octanol–water partition coefficient (Wildman–Crippen LogP) is 3.48. The zero-order valence-corrected chi connectivity index (χ0v) is 16.2. The summed E-state index contributed by atoms with van der Waals surface area (Å²) in [6.07, 6.45) is 0.0315. The van der Waals surface area contributed by atoms with Crippen molar-refractivity contribution in [3.63, 3.8) is 0 Å². The van der Waals surface area contributed by atoms with Gasteiger partial charge in [-0.2, -0.15) is 0 Å². The van der Waals surface area contributed by atoms with Gasteiger partial charge < -0.3 is 4.74 Å². The lowest BCUT2D eigenvalue weighted by Crippen LogP contribution is -2.24. The number of ether oxygens (including phenoxy) is 1. The average Bonchev–Trinajstić information content (AvgIpc) is 3.02. The quantitative estimate of drug-likeness (QED) is 0.781. The monoisotopic (exact) mass is 392 g/mol. The molecule has 27 heavy (non-hydrogen) atoms. The fourth-order valence-electron chi connectivity index (χ4n) is 2.87. The van der Waals surface area contributed by atoms with Gasteiger partial charge in [0, 0.05) is 19.7 Å². The first-order valence-electron chi connectivity index (χ1n) is 8.54. The zero-order chi connectivity index (χ0) is 19.8. The van der Waals surface area contributed by atoms with Crippen molar-refractivity contribution in [1.82, 2.24) is 4.31 Å². The minimum Gasteiger partial charge on any atom is -0.444 e. The van der Waals surface area contributed by atoms with E-state index >= 15 is 0 Å². The van der Waals surface area contributed by atoms with Gasteiger partial charge in [-0.15, -0.1) is 0 Å². The van der Waals surface area contributed by atoms with Crippen molar-refractivity contribution < 1.29 is 22.3 Å². The second-order valence-corrected chi connectivity index (χ2v) is 8.65. The van der Waals surface area contributed by atoms with Gasteiger partial charge in [0.1, 0.15) is 11.9 Å². The number of nitrogens with zero attached hydrogens (tertiary/aromatic N) is 2. The summed E-state index contributed by atoms with van der Waals surface area (Å²) in [5.74, 6) is -0.497. The third kappa shape index (κ3) is 3.68. The van der Waals surface area contributed by atoms with Crippen LogP contribution in [0.25, 0.3) is 11.1 Å². The molecule has 3 rings (SSSR count). The van der Waals surface area contributed by atoms with E-state index in [4.69, 9.17) is 4.74 Å². The van der Waals surface area contributed by atoms with Crippen LogP contribution in [0.15, 0.2) is 47.4 Å². The van der Waals surface area contributed by atoms with Gasteiger partial charge in [-0.3, -0.25) is 4.90 Å². The van der Waals surface area contributed by atoms with Crippen LogP contribution in [0.3, 0.4) is 0 Å². The number of cyclic esters (lactones) is 1. The Morgan fingerprint density at radius 3 is 2.37 bits per heavy atom. The second-order valence-electron chi connectivity index (χ2n) is 6.50. The molecule has 0 spiro atoms. The Morgan fingerprint density at radius 2 is 1.85 bits per heavy atom. The summed E-state index contributed by atoms with van der Waals surface area (Å²) in [5, 5.41) is 0. The van der Waals surface area contributed by atoms with Gasteiger partial charge in [0.15, 0.2) is 0 Å². The van der Waals surface area contributed by atoms with Crippen molar-refractivity contribution in [3.8, 4) is 11.1 Å². The molecular formula is C19H21FN2O4S. The SMILES string of the molecule is CC[C@H]1CN(c2ccc(-c3ccc(S(=O)(=O)N(C)C)cc3)c(F)c2)C(=O)O1. The fraction of sp³-hybridized carbons (Fsp3) is 0.316. The molecule has 0 unspecified atom stereocenters. The molecule has 1 aliphatic heterocycles. The molecule has 1 fully saturated rings. The van der Waals surface area contributed by atoms with Crippen LogP contribution in [-0.2, 0) is 14.8 Å². The molecule has 1 atom stereocenters. The molecule has 1 aliphatic rings. The van der Waals surface area contributed by atoms with Crippen LogP contribution in [0.5, 0.6) is 0 Å². The summed E-state index contributed by atoms with van der Waals surface area (Å²) in [6.45, 7) is 2.32. The van der Waals surface area contributed by atoms with Crippen LogP contribution in [0.4, 0.5) is 14.9 Å². The topological polar surface area (TPSA) is 66.9 Å². The van der Waals surface area contributed by atoms with Crippen molar-refractivity contribution >= 4 is 21.8 Å². The minimum absolute atomic E-state index is 0.138. The number of benzene rings is 2. The number of sulfonamides is 1. The van der Waals surface area contributed by atoms with Crippen LogP contribution in [-0.4, -0.2) is 45.6 Å². The van der Waals surface area contributed by atoms with Crippen molar-refractivity contribution in [1.29, 1.82) is 0 Å². The van der Waals surface area contributed by atoms with Crippen LogP contribution in [0.2, 0.25) is 0 Å². The predicted molar refractivity (Wildman–Crippen MR) is 101 cm³/mol. The normalized spacial score (nSPS) is 17.4. The molecule has 1 saturated heterocycles. The number of hydrogen-bond acceptors (Lipinski definition) is 4. The van der Waals surface area contributed by atoms with Gasteiger partial charge in [-0.25, -0.2) is 21.9 Å². The lowest BCUT2D eigenvalue weighted by atomic mass is 10.0. The van der Waals surface area contributed by atoms with Gasteiger partial charge >= 0.3 is 6.09 Å². The van der Waals surface area contributed by atoms with Gasteiger partial charge in [0.2, 0.25) is 10.0 Å². The fourth-order valence-corrected chi connectivity index (χ4v) is 3.77. The van der Waals surface area contributed by atoms with E-state index in [0.29, 0.717) is 29.8 Å². The Labute approximate surface area is 158 Å². The largest absolute Gasteiger partial charge is 0.444 e. The van der Waals surface area contributed by atoms with Gasteiger partial charge in [0.25, 0.3) is 0 Å². The number of amides is 1. The van der Waals surface area contributed by atoms with Crippen molar-refractivity contribution in [2.75, 3.05) is 25.5 Å². The molecular weight excluding hydrogens is 371 g/mol. The molecule has 1 amide bonds. The van der Waals surface area contributed by atoms with Crippen LogP contribution in [0.1, 0.15) is 13.3 Å². The molecule has 0 aromatic heterocycles. The average molecular weight is 392 g/mol. The summed E-state index contributed by atoms with van der Waals surface area (Å²) >= 11 is 0. The molecule has 0 aliphatic carbocycles. The molecule has 2 aromatic carbocycles. The number of hydrogen-bond donors (Lipinski definition) is 0. The van der Waals surface area contributed by atoms with E-state index in [2.05, 4.69) is 0 Å². The number of anilines is 1. The third-order valence-electron chi connectivity index (χ3n) is 4.54. The number of carbonyl (C=O) groups excluding carboxylic acids is 1. The summed E-state index contributed by atoms with van der Waals surface area (Å²) in [4.78, 5) is 13.5. The Kier molecular flexibility index (Phi) is 5.21. The highest BCUT2D eigenvalue weighted by molar-refractivity contribution is 7.89. The Hall–Kier alpha value is -2.45. The summed E-state index contributed by atoms with van der Waals surface area (Å²) in [6, 6.07) is 10.5. The Bertz CT molecular complexity index is 958. The first-order chi connectivity index (χ1) is 12.7. The number of halogens is 1. The first-order valence-corrected chi connectivity index (χ1v) is 9.98. The number of rotatable bonds is 5.